The lowest BCUT2D eigenvalue weighted by Crippen LogP contribution is -2.12. The number of hydrogen-bond acceptors (Lipinski definition) is 7. The summed E-state index contributed by atoms with van der Waals surface area (Å²) >= 11 is 1.24. The van der Waals surface area contributed by atoms with E-state index in [9.17, 15) is 25.0 Å². The van der Waals surface area contributed by atoms with Crippen LogP contribution in [-0.2, 0) is 0 Å². The maximum Gasteiger partial charge on any atom is 0.277 e. The van der Waals surface area contributed by atoms with Gasteiger partial charge in [-0.05, 0) is 6.92 Å². The van der Waals surface area contributed by atoms with Gasteiger partial charge in [0.2, 0.25) is 0 Å². The topological polar surface area (TPSA) is 128 Å². The molecule has 0 aliphatic rings. The molecular formula is C17H12N4O5S. The SMILES string of the molecule is Cc1sc(NC(=O)c2cc([N+](=O)[O-])cc([N+](=O)[O-])c2)nc1-c1ccccc1. The Morgan fingerprint density at radius 3 is 2.19 bits per heavy atom. The van der Waals surface area contributed by atoms with Gasteiger partial charge in [0.25, 0.3) is 17.3 Å². The number of aryl methyl sites for hydroxylation is 1. The number of benzene rings is 2. The summed E-state index contributed by atoms with van der Waals surface area (Å²) in [6.45, 7) is 1.86. The minimum atomic E-state index is -0.787. The zero-order valence-electron chi connectivity index (χ0n) is 13.9. The van der Waals surface area contributed by atoms with Crippen LogP contribution in [-0.4, -0.2) is 20.7 Å². The number of nitrogens with zero attached hydrogens (tertiary/aromatic N) is 3. The lowest BCUT2D eigenvalue weighted by molar-refractivity contribution is -0.394. The highest BCUT2D eigenvalue weighted by Gasteiger charge is 2.21. The predicted octanol–water partition coefficient (Wildman–Crippen LogP) is 4.19. The highest BCUT2D eigenvalue weighted by molar-refractivity contribution is 7.16. The van der Waals surface area contributed by atoms with Crippen LogP contribution < -0.4 is 5.32 Å². The summed E-state index contributed by atoms with van der Waals surface area (Å²) in [6.07, 6.45) is 0. The molecule has 3 rings (SSSR count). The quantitative estimate of drug-likeness (QED) is 0.519. The van der Waals surface area contributed by atoms with Crippen LogP contribution in [0.15, 0.2) is 48.5 Å². The van der Waals surface area contributed by atoms with E-state index >= 15 is 0 Å². The molecule has 0 spiro atoms. The second kappa shape index (κ2) is 7.30. The summed E-state index contributed by atoms with van der Waals surface area (Å²) < 4.78 is 0. The smallest absolute Gasteiger partial charge is 0.277 e. The monoisotopic (exact) mass is 384 g/mol. The number of nitro groups is 2. The number of nitro benzene ring substituents is 2. The largest absolute Gasteiger partial charge is 0.298 e. The third-order valence-electron chi connectivity index (χ3n) is 3.65. The van der Waals surface area contributed by atoms with Crippen LogP contribution in [0.3, 0.4) is 0 Å². The summed E-state index contributed by atoms with van der Waals surface area (Å²) in [5, 5.41) is 24.8. The fourth-order valence-electron chi connectivity index (χ4n) is 2.42. The molecule has 136 valence electrons. The first kappa shape index (κ1) is 18.1. The van der Waals surface area contributed by atoms with Crippen LogP contribution in [0.1, 0.15) is 15.2 Å². The van der Waals surface area contributed by atoms with Gasteiger partial charge in [-0.2, -0.15) is 0 Å². The van der Waals surface area contributed by atoms with Crippen molar-refractivity contribution in [2.45, 2.75) is 6.92 Å². The van der Waals surface area contributed by atoms with Gasteiger partial charge in [0.1, 0.15) is 0 Å². The van der Waals surface area contributed by atoms with Crippen molar-refractivity contribution in [3.63, 3.8) is 0 Å². The van der Waals surface area contributed by atoms with Crippen LogP contribution in [0, 0.1) is 27.2 Å². The Morgan fingerprint density at radius 2 is 1.63 bits per heavy atom. The number of nitrogens with one attached hydrogen (secondary N) is 1. The molecule has 0 radical (unpaired) electrons. The van der Waals surface area contributed by atoms with E-state index in [4.69, 9.17) is 0 Å². The average Bonchev–Trinajstić information content (AvgIpc) is 3.02. The van der Waals surface area contributed by atoms with Gasteiger partial charge in [-0.3, -0.25) is 30.3 Å². The number of carbonyl (C=O) groups is 1. The number of non-ortho nitro benzene ring substituents is 2. The number of hydrogen-bond donors (Lipinski definition) is 1. The third kappa shape index (κ3) is 3.96. The molecule has 0 saturated heterocycles. The Hall–Kier alpha value is -3.66. The van der Waals surface area contributed by atoms with Gasteiger partial charge in [0, 0.05) is 22.6 Å². The summed E-state index contributed by atoms with van der Waals surface area (Å²) in [5.74, 6) is -0.713. The number of anilines is 1. The van der Waals surface area contributed by atoms with Crippen molar-refractivity contribution in [2.75, 3.05) is 5.32 Å². The zero-order valence-corrected chi connectivity index (χ0v) is 14.7. The Labute approximate surface area is 156 Å². The average molecular weight is 384 g/mol. The van der Waals surface area contributed by atoms with Crippen LogP contribution in [0.4, 0.5) is 16.5 Å². The molecule has 0 atom stereocenters. The first-order valence-corrected chi connectivity index (χ1v) is 8.45. The van der Waals surface area contributed by atoms with Crippen molar-refractivity contribution < 1.29 is 14.6 Å². The molecule has 0 unspecified atom stereocenters. The Morgan fingerprint density at radius 1 is 1.04 bits per heavy atom. The molecular weight excluding hydrogens is 372 g/mol. The van der Waals surface area contributed by atoms with E-state index in [2.05, 4.69) is 10.3 Å². The number of thiazole rings is 1. The number of aromatic nitrogens is 1. The molecule has 9 nitrogen and oxygen atoms in total. The molecule has 0 fully saturated rings. The maximum atomic E-state index is 12.4. The van der Waals surface area contributed by atoms with E-state index in [-0.39, 0.29) is 5.56 Å². The van der Waals surface area contributed by atoms with Crippen LogP contribution >= 0.6 is 11.3 Å². The molecule has 27 heavy (non-hydrogen) atoms. The normalized spacial score (nSPS) is 10.4. The lowest BCUT2D eigenvalue weighted by Gasteiger charge is -2.02. The Balaban J connectivity index is 1.90. The first-order valence-electron chi connectivity index (χ1n) is 7.63. The van der Waals surface area contributed by atoms with E-state index in [1.807, 2.05) is 37.3 Å². The molecule has 10 heteroatoms. The zero-order chi connectivity index (χ0) is 19.6. The van der Waals surface area contributed by atoms with Crippen LogP contribution in [0.5, 0.6) is 0 Å². The van der Waals surface area contributed by atoms with E-state index in [1.165, 1.54) is 11.3 Å². The third-order valence-corrected chi connectivity index (χ3v) is 4.54. The van der Waals surface area contributed by atoms with Crippen molar-refractivity contribution in [1.82, 2.24) is 4.98 Å². The molecule has 3 aromatic rings. The summed E-state index contributed by atoms with van der Waals surface area (Å²) in [7, 11) is 0. The maximum absolute atomic E-state index is 12.4. The lowest BCUT2D eigenvalue weighted by atomic mass is 10.1. The number of rotatable bonds is 5. The molecule has 1 heterocycles. The highest BCUT2D eigenvalue weighted by Crippen LogP contribution is 2.31. The van der Waals surface area contributed by atoms with E-state index in [0.29, 0.717) is 10.8 Å². The van der Waals surface area contributed by atoms with Crippen molar-refractivity contribution in [3.8, 4) is 11.3 Å². The van der Waals surface area contributed by atoms with Gasteiger partial charge in [0.15, 0.2) is 5.13 Å². The van der Waals surface area contributed by atoms with Gasteiger partial charge >= 0.3 is 0 Å². The number of amides is 1. The second-order valence-corrected chi connectivity index (χ2v) is 6.70. The molecule has 2 aromatic carbocycles. The standard InChI is InChI=1S/C17H12N4O5S/c1-10-15(11-5-3-2-4-6-11)18-17(27-10)19-16(22)12-7-13(20(23)24)9-14(8-12)21(25)26/h2-9H,1H3,(H,18,19,22). The fourth-order valence-corrected chi connectivity index (χ4v) is 3.25. The van der Waals surface area contributed by atoms with E-state index in [0.717, 1.165) is 28.6 Å². The predicted molar refractivity (Wildman–Crippen MR) is 100.0 cm³/mol. The van der Waals surface area contributed by atoms with Crippen molar-refractivity contribution in [1.29, 1.82) is 0 Å². The molecule has 1 N–H and O–H groups in total. The van der Waals surface area contributed by atoms with Crippen LogP contribution in [0.2, 0.25) is 0 Å². The van der Waals surface area contributed by atoms with Crippen molar-refractivity contribution in [3.05, 3.63) is 79.2 Å². The van der Waals surface area contributed by atoms with Gasteiger partial charge in [-0.1, -0.05) is 30.3 Å². The second-order valence-electron chi connectivity index (χ2n) is 5.50. The fraction of sp³-hybridized carbons (Fsp3) is 0.0588. The van der Waals surface area contributed by atoms with Gasteiger partial charge < -0.3 is 0 Å². The minimum Gasteiger partial charge on any atom is -0.298 e. The van der Waals surface area contributed by atoms with E-state index < -0.39 is 27.1 Å². The molecule has 1 aromatic heterocycles. The van der Waals surface area contributed by atoms with Crippen molar-refractivity contribution in [2.24, 2.45) is 0 Å². The molecule has 1 amide bonds. The van der Waals surface area contributed by atoms with Crippen LogP contribution in [0.25, 0.3) is 11.3 Å². The van der Waals surface area contributed by atoms with Gasteiger partial charge in [-0.25, -0.2) is 4.98 Å². The Kier molecular flexibility index (Phi) is 4.90. The Bertz CT molecular complexity index is 1020. The molecule has 0 bridgehead atoms. The van der Waals surface area contributed by atoms with E-state index in [1.54, 1.807) is 0 Å². The summed E-state index contributed by atoms with van der Waals surface area (Å²) in [6, 6.07) is 12.2. The minimum absolute atomic E-state index is 0.190. The number of carbonyl (C=O) groups excluding carboxylic acids is 1. The highest BCUT2D eigenvalue weighted by atomic mass is 32.1. The van der Waals surface area contributed by atoms with Gasteiger partial charge in [0.05, 0.1) is 27.2 Å². The molecule has 0 aliphatic carbocycles. The van der Waals surface area contributed by atoms with Crippen molar-refractivity contribution >= 4 is 33.8 Å². The summed E-state index contributed by atoms with van der Waals surface area (Å²) in [4.78, 5) is 38.0. The first-order chi connectivity index (χ1) is 12.8. The molecule has 0 saturated carbocycles. The van der Waals surface area contributed by atoms with Gasteiger partial charge in [-0.15, -0.1) is 11.3 Å². The summed E-state index contributed by atoms with van der Waals surface area (Å²) in [5.41, 5.74) is 0.341. The molecule has 0 aliphatic heterocycles.